The predicted octanol–water partition coefficient (Wildman–Crippen LogP) is 2.70. The van der Waals surface area contributed by atoms with Crippen LogP contribution in [0.2, 0.25) is 0 Å². The molecule has 0 radical (unpaired) electrons. The molecule has 2 aliphatic rings. The molecule has 3 rings (SSSR count). The zero-order valence-corrected chi connectivity index (χ0v) is 9.08. The van der Waals surface area contributed by atoms with Gasteiger partial charge in [-0.05, 0) is 26.2 Å². The van der Waals surface area contributed by atoms with Crippen molar-refractivity contribution in [2.24, 2.45) is 5.92 Å². The summed E-state index contributed by atoms with van der Waals surface area (Å²) in [6, 6.07) is -0.139. The number of aromatic nitrogens is 2. The third kappa shape index (κ3) is 1.06. The Hall–Kier alpha value is -1.26. The van der Waals surface area contributed by atoms with Crippen LogP contribution in [0.1, 0.15) is 60.4 Å². The molecule has 0 aromatic carbocycles. The Labute approximate surface area is 91.4 Å². The number of fused-ring (bicyclic) bond motifs is 3. The summed E-state index contributed by atoms with van der Waals surface area (Å²) in [5, 5.41) is 4.06. The van der Waals surface area contributed by atoms with E-state index in [9.17, 15) is 13.6 Å². The number of Topliss-reactive ketones (excluding diaryl/α,β-unsaturated/α-hetero) is 1. The smallest absolute Gasteiger partial charge is 0.280 e. The quantitative estimate of drug-likeness (QED) is 0.777. The van der Waals surface area contributed by atoms with Crippen LogP contribution in [0.15, 0.2) is 0 Å². The number of halogens is 2. The lowest BCUT2D eigenvalue weighted by Crippen LogP contribution is -2.10. The second kappa shape index (κ2) is 2.90. The number of rotatable bonds is 2. The van der Waals surface area contributed by atoms with E-state index in [0.717, 1.165) is 6.42 Å². The van der Waals surface area contributed by atoms with Crippen LogP contribution in [0.3, 0.4) is 0 Å². The normalized spacial score (nSPS) is 26.5. The van der Waals surface area contributed by atoms with Gasteiger partial charge in [0.25, 0.3) is 6.43 Å². The van der Waals surface area contributed by atoms with Crippen molar-refractivity contribution in [1.82, 2.24) is 9.78 Å². The molecule has 2 atom stereocenters. The number of carbonyl (C=O) groups excluding carboxylic acids is 1. The molecule has 16 heavy (non-hydrogen) atoms. The SMILES string of the molecule is CC(C)n1nc2c(c1C(F)F)C1CC1C2=O. The third-order valence-electron chi connectivity index (χ3n) is 3.41. The van der Waals surface area contributed by atoms with E-state index >= 15 is 0 Å². The maximum Gasteiger partial charge on any atom is 0.280 e. The van der Waals surface area contributed by atoms with Crippen molar-refractivity contribution in [2.45, 2.75) is 38.7 Å². The Kier molecular flexibility index (Phi) is 1.80. The first-order valence-electron chi connectivity index (χ1n) is 5.47. The molecule has 0 bridgehead atoms. The predicted molar refractivity (Wildman–Crippen MR) is 52.7 cm³/mol. The van der Waals surface area contributed by atoms with E-state index in [4.69, 9.17) is 0 Å². The standard InChI is InChI=1S/C11H12F2N2O/c1-4(2)15-9(11(12)13)7-5-3-6(5)10(16)8(7)14-15/h4-6,11H,3H2,1-2H3. The van der Waals surface area contributed by atoms with E-state index in [1.165, 1.54) is 4.68 Å². The monoisotopic (exact) mass is 226 g/mol. The van der Waals surface area contributed by atoms with Crippen LogP contribution in [0.5, 0.6) is 0 Å². The summed E-state index contributed by atoms with van der Waals surface area (Å²) in [4.78, 5) is 11.7. The Morgan fingerprint density at radius 2 is 2.06 bits per heavy atom. The van der Waals surface area contributed by atoms with Crippen molar-refractivity contribution in [3.8, 4) is 0 Å². The summed E-state index contributed by atoms with van der Waals surface area (Å²) >= 11 is 0. The average Bonchev–Trinajstić information content (AvgIpc) is 2.79. The van der Waals surface area contributed by atoms with Crippen LogP contribution in [-0.4, -0.2) is 15.6 Å². The molecule has 2 aliphatic carbocycles. The maximum absolute atomic E-state index is 13.0. The van der Waals surface area contributed by atoms with Gasteiger partial charge in [-0.1, -0.05) is 0 Å². The lowest BCUT2D eigenvalue weighted by atomic mass is 10.1. The molecule has 1 heterocycles. The highest BCUT2D eigenvalue weighted by Crippen LogP contribution is 2.58. The molecule has 1 aromatic heterocycles. The van der Waals surface area contributed by atoms with Gasteiger partial charge in [-0.15, -0.1) is 0 Å². The molecular formula is C11H12F2N2O. The molecule has 5 heteroatoms. The molecule has 86 valence electrons. The number of ketones is 1. The first-order chi connectivity index (χ1) is 7.52. The van der Waals surface area contributed by atoms with Crippen molar-refractivity contribution in [2.75, 3.05) is 0 Å². The van der Waals surface area contributed by atoms with Crippen LogP contribution in [0.4, 0.5) is 8.78 Å². The summed E-state index contributed by atoms with van der Waals surface area (Å²) < 4.78 is 27.4. The zero-order chi connectivity index (χ0) is 11.6. The van der Waals surface area contributed by atoms with Gasteiger partial charge in [0, 0.05) is 17.5 Å². The van der Waals surface area contributed by atoms with Crippen LogP contribution >= 0.6 is 0 Å². The van der Waals surface area contributed by atoms with Crippen LogP contribution < -0.4 is 0 Å². The minimum absolute atomic E-state index is 0.0269. The topological polar surface area (TPSA) is 34.9 Å². The number of hydrogen-bond acceptors (Lipinski definition) is 2. The molecule has 2 unspecified atom stereocenters. The highest BCUT2D eigenvalue weighted by molar-refractivity contribution is 6.04. The molecule has 1 aromatic rings. The first kappa shape index (κ1) is 9.93. The van der Waals surface area contributed by atoms with Crippen LogP contribution in [0.25, 0.3) is 0 Å². The number of hydrogen-bond donors (Lipinski definition) is 0. The summed E-state index contributed by atoms with van der Waals surface area (Å²) in [6.07, 6.45) is -1.82. The van der Waals surface area contributed by atoms with E-state index in [1.54, 1.807) is 13.8 Å². The number of alkyl halides is 2. The van der Waals surface area contributed by atoms with Gasteiger partial charge in [0.05, 0.1) is 0 Å². The largest absolute Gasteiger partial charge is 0.292 e. The minimum Gasteiger partial charge on any atom is -0.292 e. The van der Waals surface area contributed by atoms with Gasteiger partial charge in [-0.2, -0.15) is 5.10 Å². The first-order valence-corrected chi connectivity index (χ1v) is 5.47. The van der Waals surface area contributed by atoms with Gasteiger partial charge < -0.3 is 0 Å². The van der Waals surface area contributed by atoms with E-state index in [2.05, 4.69) is 5.10 Å². The second-order valence-electron chi connectivity index (χ2n) is 4.80. The lowest BCUT2D eigenvalue weighted by molar-refractivity contribution is 0.0967. The summed E-state index contributed by atoms with van der Waals surface area (Å²) in [6.45, 7) is 3.59. The molecule has 0 spiro atoms. The van der Waals surface area contributed by atoms with E-state index in [0.29, 0.717) is 11.3 Å². The summed E-state index contributed by atoms with van der Waals surface area (Å²) in [7, 11) is 0. The highest BCUT2D eigenvalue weighted by Gasteiger charge is 2.56. The summed E-state index contributed by atoms with van der Waals surface area (Å²) in [5.41, 5.74) is 0.785. The van der Waals surface area contributed by atoms with Gasteiger partial charge in [-0.3, -0.25) is 9.48 Å². The van der Waals surface area contributed by atoms with Crippen molar-refractivity contribution >= 4 is 5.78 Å². The average molecular weight is 226 g/mol. The van der Waals surface area contributed by atoms with Crippen LogP contribution in [-0.2, 0) is 0 Å². The minimum atomic E-state index is -2.55. The second-order valence-corrected chi connectivity index (χ2v) is 4.80. The van der Waals surface area contributed by atoms with Crippen molar-refractivity contribution in [3.63, 3.8) is 0 Å². The molecule has 0 N–H and O–H groups in total. The Morgan fingerprint density at radius 3 is 2.62 bits per heavy atom. The molecule has 1 fully saturated rings. The number of carbonyl (C=O) groups is 1. The fraction of sp³-hybridized carbons (Fsp3) is 0.636. The van der Waals surface area contributed by atoms with Crippen molar-refractivity contribution < 1.29 is 13.6 Å². The Bertz CT molecular complexity index is 479. The Balaban J connectivity index is 2.21. The van der Waals surface area contributed by atoms with Crippen molar-refractivity contribution in [3.05, 3.63) is 17.0 Å². The van der Waals surface area contributed by atoms with E-state index < -0.39 is 6.43 Å². The lowest BCUT2D eigenvalue weighted by Gasteiger charge is -2.11. The zero-order valence-electron chi connectivity index (χ0n) is 9.08. The van der Waals surface area contributed by atoms with E-state index in [1.807, 2.05) is 0 Å². The number of nitrogens with zero attached hydrogens (tertiary/aromatic N) is 2. The third-order valence-corrected chi connectivity index (χ3v) is 3.41. The molecule has 0 aliphatic heterocycles. The molecule has 0 saturated heterocycles. The molecule has 3 nitrogen and oxygen atoms in total. The maximum atomic E-state index is 13.0. The molecular weight excluding hydrogens is 214 g/mol. The fourth-order valence-corrected chi connectivity index (χ4v) is 2.60. The van der Waals surface area contributed by atoms with Crippen LogP contribution in [0, 0.1) is 5.92 Å². The van der Waals surface area contributed by atoms with Gasteiger partial charge in [0.15, 0.2) is 5.78 Å². The van der Waals surface area contributed by atoms with Gasteiger partial charge in [0.1, 0.15) is 11.4 Å². The van der Waals surface area contributed by atoms with Gasteiger partial charge in [-0.25, -0.2) is 8.78 Å². The Morgan fingerprint density at radius 1 is 1.38 bits per heavy atom. The fourth-order valence-electron chi connectivity index (χ4n) is 2.60. The molecule has 1 saturated carbocycles. The van der Waals surface area contributed by atoms with Gasteiger partial charge in [0.2, 0.25) is 0 Å². The molecule has 0 amide bonds. The van der Waals surface area contributed by atoms with Gasteiger partial charge >= 0.3 is 0 Å². The highest BCUT2D eigenvalue weighted by atomic mass is 19.3. The summed E-state index contributed by atoms with van der Waals surface area (Å²) in [5.74, 6) is -0.0582. The van der Waals surface area contributed by atoms with E-state index in [-0.39, 0.29) is 29.4 Å². The van der Waals surface area contributed by atoms with Crippen molar-refractivity contribution in [1.29, 1.82) is 0 Å².